The molecule has 134 valence electrons. The molecule has 6 nitrogen and oxygen atoms in total. The number of methoxy groups -OCH3 is 2. The monoisotopic (exact) mass is 336 g/mol. The van der Waals surface area contributed by atoms with Crippen LogP contribution in [0.5, 0.6) is 5.75 Å². The fourth-order valence-corrected chi connectivity index (χ4v) is 2.26. The predicted octanol–water partition coefficient (Wildman–Crippen LogP) is 1.66. The normalized spacial score (nSPS) is 13.2. The van der Waals surface area contributed by atoms with Crippen molar-refractivity contribution in [2.24, 2.45) is 11.7 Å². The Balaban J connectivity index is 2.56. The van der Waals surface area contributed by atoms with Crippen molar-refractivity contribution in [2.45, 2.75) is 45.2 Å². The second kappa shape index (κ2) is 9.93. The summed E-state index contributed by atoms with van der Waals surface area (Å²) in [5.41, 5.74) is 6.96. The van der Waals surface area contributed by atoms with Crippen molar-refractivity contribution in [3.63, 3.8) is 0 Å². The first-order chi connectivity index (χ1) is 11.4. The second-order valence-electron chi connectivity index (χ2n) is 6.09. The van der Waals surface area contributed by atoms with Gasteiger partial charge in [0, 0.05) is 0 Å². The summed E-state index contributed by atoms with van der Waals surface area (Å²) in [5, 5.41) is 2.69. The van der Waals surface area contributed by atoms with E-state index in [1.54, 1.807) is 7.11 Å². The Bertz CT molecular complexity index is 528. The van der Waals surface area contributed by atoms with E-state index in [2.05, 4.69) is 5.32 Å². The van der Waals surface area contributed by atoms with Crippen LogP contribution in [0.4, 0.5) is 0 Å². The molecule has 24 heavy (non-hydrogen) atoms. The number of nitrogens with two attached hydrogens (primary N) is 1. The van der Waals surface area contributed by atoms with Gasteiger partial charge in [-0.2, -0.15) is 0 Å². The first-order valence-corrected chi connectivity index (χ1v) is 8.15. The van der Waals surface area contributed by atoms with Gasteiger partial charge in [-0.15, -0.1) is 0 Å². The Morgan fingerprint density at radius 3 is 2.29 bits per heavy atom. The molecule has 0 spiro atoms. The van der Waals surface area contributed by atoms with Crippen LogP contribution in [0.15, 0.2) is 24.3 Å². The molecule has 2 atom stereocenters. The zero-order valence-corrected chi connectivity index (χ0v) is 14.9. The van der Waals surface area contributed by atoms with Gasteiger partial charge in [0.1, 0.15) is 11.8 Å². The minimum atomic E-state index is -0.675. The average molecular weight is 336 g/mol. The van der Waals surface area contributed by atoms with E-state index in [-0.39, 0.29) is 11.8 Å². The summed E-state index contributed by atoms with van der Waals surface area (Å²) in [7, 11) is 2.94. The molecule has 1 amide bonds. The van der Waals surface area contributed by atoms with Gasteiger partial charge in [0.15, 0.2) is 0 Å². The third-order valence-corrected chi connectivity index (χ3v) is 3.94. The van der Waals surface area contributed by atoms with Gasteiger partial charge in [-0.25, -0.2) is 4.79 Å². The van der Waals surface area contributed by atoms with E-state index in [4.69, 9.17) is 15.2 Å². The van der Waals surface area contributed by atoms with Gasteiger partial charge in [0.2, 0.25) is 5.91 Å². The van der Waals surface area contributed by atoms with E-state index in [0.717, 1.165) is 24.2 Å². The maximum Gasteiger partial charge on any atom is 0.328 e. The van der Waals surface area contributed by atoms with Crippen LogP contribution in [0.1, 0.15) is 32.3 Å². The van der Waals surface area contributed by atoms with E-state index in [0.29, 0.717) is 6.42 Å². The molecular formula is C18H28N2O4. The second-order valence-corrected chi connectivity index (χ2v) is 6.09. The molecular weight excluding hydrogens is 308 g/mol. The third-order valence-electron chi connectivity index (χ3n) is 3.94. The molecule has 0 saturated heterocycles. The van der Waals surface area contributed by atoms with E-state index in [1.165, 1.54) is 7.11 Å². The van der Waals surface area contributed by atoms with Gasteiger partial charge in [-0.3, -0.25) is 4.79 Å². The minimum Gasteiger partial charge on any atom is -0.497 e. The van der Waals surface area contributed by atoms with Crippen LogP contribution in [-0.4, -0.2) is 38.2 Å². The van der Waals surface area contributed by atoms with Gasteiger partial charge in [0.05, 0.1) is 20.3 Å². The molecule has 0 aliphatic carbocycles. The number of ether oxygens (including phenoxy) is 2. The molecule has 0 saturated carbocycles. The van der Waals surface area contributed by atoms with Gasteiger partial charge < -0.3 is 20.5 Å². The quantitative estimate of drug-likeness (QED) is 0.669. The maximum atomic E-state index is 12.1. The molecule has 0 fully saturated rings. The fraction of sp³-hybridized carbons (Fsp3) is 0.556. The summed E-state index contributed by atoms with van der Waals surface area (Å²) in [6.07, 6.45) is 2.03. The average Bonchev–Trinajstić information content (AvgIpc) is 2.59. The number of carbonyl (C=O) groups excluding carboxylic acids is 2. The van der Waals surface area contributed by atoms with E-state index in [1.807, 2.05) is 38.1 Å². The zero-order valence-electron chi connectivity index (χ0n) is 14.9. The number of carbonyl (C=O) groups is 2. The van der Waals surface area contributed by atoms with Crippen molar-refractivity contribution < 1.29 is 19.1 Å². The molecule has 1 rings (SSSR count). The zero-order chi connectivity index (χ0) is 18.1. The number of hydrogen-bond acceptors (Lipinski definition) is 5. The van der Waals surface area contributed by atoms with Crippen molar-refractivity contribution in [1.29, 1.82) is 0 Å². The lowest BCUT2D eigenvalue weighted by molar-refractivity contribution is -0.145. The molecule has 0 aliphatic heterocycles. The van der Waals surface area contributed by atoms with Crippen LogP contribution in [-0.2, 0) is 20.7 Å². The Kier molecular flexibility index (Phi) is 8.26. The summed E-state index contributed by atoms with van der Waals surface area (Å²) < 4.78 is 9.90. The minimum absolute atomic E-state index is 0.00240. The van der Waals surface area contributed by atoms with E-state index < -0.39 is 18.1 Å². The van der Waals surface area contributed by atoms with Crippen molar-refractivity contribution in [3.05, 3.63) is 29.8 Å². The van der Waals surface area contributed by atoms with Gasteiger partial charge in [-0.1, -0.05) is 26.0 Å². The molecule has 0 aliphatic rings. The van der Waals surface area contributed by atoms with Crippen LogP contribution in [0.3, 0.4) is 0 Å². The van der Waals surface area contributed by atoms with Crippen molar-refractivity contribution in [3.8, 4) is 5.75 Å². The lowest BCUT2D eigenvalue weighted by atomic mass is 10.0. The van der Waals surface area contributed by atoms with Crippen molar-refractivity contribution in [1.82, 2.24) is 5.32 Å². The number of nitrogens with one attached hydrogen (secondary N) is 1. The highest BCUT2D eigenvalue weighted by Gasteiger charge is 2.25. The number of hydrogen-bond donors (Lipinski definition) is 2. The standard InChI is InChI=1S/C18H28N2O4/c1-12(2)16(19)17(21)20-15(18(22)24-4)7-5-6-13-8-10-14(23-3)11-9-13/h8-12,15-16H,5-7,19H2,1-4H3,(H,20,21)/t15-,16-/m0/s1. The topological polar surface area (TPSA) is 90.6 Å². The Morgan fingerprint density at radius 2 is 1.79 bits per heavy atom. The fourth-order valence-electron chi connectivity index (χ4n) is 2.26. The van der Waals surface area contributed by atoms with Crippen LogP contribution in [0.2, 0.25) is 0 Å². The highest BCUT2D eigenvalue weighted by molar-refractivity contribution is 5.87. The Labute approximate surface area is 143 Å². The number of amides is 1. The lowest BCUT2D eigenvalue weighted by Crippen LogP contribution is -2.50. The number of aryl methyl sites for hydroxylation is 1. The summed E-state index contributed by atoms with van der Waals surface area (Å²) in [6.45, 7) is 3.72. The van der Waals surface area contributed by atoms with Crippen molar-refractivity contribution >= 4 is 11.9 Å². The molecule has 0 heterocycles. The van der Waals surface area contributed by atoms with Gasteiger partial charge in [-0.05, 0) is 42.9 Å². The lowest BCUT2D eigenvalue weighted by Gasteiger charge is -2.21. The number of benzene rings is 1. The summed E-state index contributed by atoms with van der Waals surface area (Å²) in [4.78, 5) is 23.9. The van der Waals surface area contributed by atoms with Gasteiger partial charge in [0.25, 0.3) is 0 Å². The third kappa shape index (κ3) is 6.20. The Morgan fingerprint density at radius 1 is 1.17 bits per heavy atom. The SMILES string of the molecule is COC(=O)[C@H](CCCc1ccc(OC)cc1)NC(=O)[C@@H](N)C(C)C. The summed E-state index contributed by atoms with van der Waals surface area (Å²) >= 11 is 0. The molecule has 0 unspecified atom stereocenters. The Hall–Kier alpha value is -2.08. The maximum absolute atomic E-state index is 12.1. The molecule has 1 aromatic rings. The number of esters is 1. The molecule has 1 aromatic carbocycles. The molecule has 6 heteroatoms. The summed E-state index contributed by atoms with van der Waals surface area (Å²) in [6, 6.07) is 6.45. The first kappa shape index (κ1) is 20.0. The predicted molar refractivity (Wildman–Crippen MR) is 92.7 cm³/mol. The van der Waals surface area contributed by atoms with Crippen LogP contribution in [0, 0.1) is 5.92 Å². The van der Waals surface area contributed by atoms with Gasteiger partial charge >= 0.3 is 5.97 Å². The number of rotatable bonds is 9. The smallest absolute Gasteiger partial charge is 0.328 e. The molecule has 0 bridgehead atoms. The van der Waals surface area contributed by atoms with E-state index >= 15 is 0 Å². The molecule has 0 aromatic heterocycles. The van der Waals surface area contributed by atoms with Crippen LogP contribution < -0.4 is 15.8 Å². The first-order valence-electron chi connectivity index (χ1n) is 8.15. The molecule has 3 N–H and O–H groups in total. The highest BCUT2D eigenvalue weighted by atomic mass is 16.5. The molecule has 0 radical (unpaired) electrons. The van der Waals surface area contributed by atoms with Crippen LogP contribution >= 0.6 is 0 Å². The van der Waals surface area contributed by atoms with Crippen molar-refractivity contribution in [2.75, 3.05) is 14.2 Å². The highest BCUT2D eigenvalue weighted by Crippen LogP contribution is 2.14. The largest absolute Gasteiger partial charge is 0.497 e. The van der Waals surface area contributed by atoms with E-state index in [9.17, 15) is 9.59 Å². The van der Waals surface area contributed by atoms with Crippen LogP contribution in [0.25, 0.3) is 0 Å². The summed E-state index contributed by atoms with van der Waals surface area (Å²) in [5.74, 6) is 0.0302.